The van der Waals surface area contributed by atoms with Crippen molar-refractivity contribution < 1.29 is 9.53 Å². The summed E-state index contributed by atoms with van der Waals surface area (Å²) in [6.45, 7) is 9.92. The second-order valence-electron chi connectivity index (χ2n) is 5.20. The molecule has 0 aromatic carbocycles. The number of amides is 1. The number of rotatable bonds is 4. The van der Waals surface area contributed by atoms with Crippen molar-refractivity contribution in [2.24, 2.45) is 7.05 Å². The summed E-state index contributed by atoms with van der Waals surface area (Å²) in [5.41, 5.74) is 4.07. The van der Waals surface area contributed by atoms with Crippen molar-refractivity contribution >= 4 is 22.2 Å². The highest BCUT2D eigenvalue weighted by Crippen LogP contribution is 2.31. The van der Waals surface area contributed by atoms with Gasteiger partial charge in [-0.3, -0.25) is 9.48 Å². The van der Waals surface area contributed by atoms with Crippen molar-refractivity contribution in [1.29, 1.82) is 0 Å². The Morgan fingerprint density at radius 3 is 2.38 bits per heavy atom. The van der Waals surface area contributed by atoms with Crippen molar-refractivity contribution in [3.63, 3.8) is 0 Å². The zero-order valence-corrected chi connectivity index (χ0v) is 14.1. The van der Waals surface area contributed by atoms with Gasteiger partial charge in [-0.15, -0.1) is 11.3 Å². The lowest BCUT2D eigenvalue weighted by atomic mass is 10.2. The zero-order chi connectivity index (χ0) is 15.7. The minimum atomic E-state index is -0.151. The molecular formula is C15H21N3O2S. The van der Waals surface area contributed by atoms with E-state index in [9.17, 15) is 4.79 Å². The van der Waals surface area contributed by atoms with E-state index in [0.29, 0.717) is 5.75 Å². The molecule has 0 fully saturated rings. The Bertz CT molecular complexity index is 686. The summed E-state index contributed by atoms with van der Waals surface area (Å²) in [5, 5.41) is 8.08. The highest BCUT2D eigenvalue weighted by Gasteiger charge is 2.14. The predicted octanol–water partition coefficient (Wildman–Crippen LogP) is 3.04. The van der Waals surface area contributed by atoms with Gasteiger partial charge >= 0.3 is 0 Å². The zero-order valence-electron chi connectivity index (χ0n) is 13.3. The second kappa shape index (κ2) is 5.89. The number of hydrogen-bond donors (Lipinski definition) is 1. The molecule has 2 heterocycles. The Morgan fingerprint density at radius 1 is 1.24 bits per heavy atom. The SMILES string of the molecule is Cc1nn(C)c(C)c1OCC(=O)Nc1sc(C)c(C)c1C. The number of aromatic nitrogens is 2. The molecule has 0 aliphatic heterocycles. The Kier molecular flexibility index (Phi) is 4.37. The van der Waals surface area contributed by atoms with Crippen LogP contribution in [-0.4, -0.2) is 22.3 Å². The fourth-order valence-electron chi connectivity index (χ4n) is 2.12. The van der Waals surface area contributed by atoms with E-state index in [-0.39, 0.29) is 12.5 Å². The molecule has 0 aliphatic rings. The number of thiophene rings is 1. The first-order valence-corrected chi connectivity index (χ1v) is 7.62. The number of anilines is 1. The summed E-state index contributed by atoms with van der Waals surface area (Å²) in [5.74, 6) is 0.532. The van der Waals surface area contributed by atoms with Gasteiger partial charge in [0.1, 0.15) is 5.69 Å². The van der Waals surface area contributed by atoms with E-state index < -0.39 is 0 Å². The van der Waals surface area contributed by atoms with E-state index in [1.807, 2.05) is 27.8 Å². The maximum Gasteiger partial charge on any atom is 0.262 e. The first-order chi connectivity index (χ1) is 9.81. The lowest BCUT2D eigenvalue weighted by Gasteiger charge is -2.07. The van der Waals surface area contributed by atoms with Gasteiger partial charge in [0.05, 0.1) is 10.7 Å². The lowest BCUT2D eigenvalue weighted by molar-refractivity contribution is -0.118. The van der Waals surface area contributed by atoms with Gasteiger partial charge in [-0.25, -0.2) is 0 Å². The molecule has 0 atom stereocenters. The van der Waals surface area contributed by atoms with Crippen LogP contribution in [0, 0.1) is 34.6 Å². The van der Waals surface area contributed by atoms with Crippen LogP contribution >= 0.6 is 11.3 Å². The Balaban J connectivity index is 2.01. The van der Waals surface area contributed by atoms with Gasteiger partial charge < -0.3 is 10.1 Å². The van der Waals surface area contributed by atoms with Gasteiger partial charge in [0, 0.05) is 11.9 Å². The minimum absolute atomic E-state index is 0.0111. The molecule has 1 amide bonds. The molecule has 21 heavy (non-hydrogen) atoms. The number of nitrogens with zero attached hydrogens (tertiary/aromatic N) is 2. The van der Waals surface area contributed by atoms with E-state index >= 15 is 0 Å². The summed E-state index contributed by atoms with van der Waals surface area (Å²) in [6.07, 6.45) is 0. The van der Waals surface area contributed by atoms with E-state index in [1.165, 1.54) is 10.4 Å². The van der Waals surface area contributed by atoms with Gasteiger partial charge in [-0.1, -0.05) is 0 Å². The molecule has 5 nitrogen and oxygen atoms in total. The van der Waals surface area contributed by atoms with Crippen LogP contribution in [0.5, 0.6) is 5.75 Å². The summed E-state index contributed by atoms with van der Waals surface area (Å²) in [4.78, 5) is 13.3. The highest BCUT2D eigenvalue weighted by atomic mass is 32.1. The number of carbonyl (C=O) groups excluding carboxylic acids is 1. The van der Waals surface area contributed by atoms with Crippen molar-refractivity contribution in [3.05, 3.63) is 27.4 Å². The van der Waals surface area contributed by atoms with Gasteiger partial charge in [-0.05, 0) is 45.7 Å². The molecule has 2 aromatic heterocycles. The van der Waals surface area contributed by atoms with Crippen LogP contribution in [-0.2, 0) is 11.8 Å². The monoisotopic (exact) mass is 307 g/mol. The van der Waals surface area contributed by atoms with E-state index in [1.54, 1.807) is 16.0 Å². The third kappa shape index (κ3) is 3.10. The maximum absolute atomic E-state index is 12.0. The number of hydrogen-bond acceptors (Lipinski definition) is 4. The molecule has 0 bridgehead atoms. The van der Waals surface area contributed by atoms with Crippen LogP contribution in [0.3, 0.4) is 0 Å². The van der Waals surface area contributed by atoms with E-state index in [4.69, 9.17) is 4.74 Å². The molecular weight excluding hydrogens is 286 g/mol. The van der Waals surface area contributed by atoms with Gasteiger partial charge in [0.15, 0.2) is 12.4 Å². The lowest BCUT2D eigenvalue weighted by Crippen LogP contribution is -2.20. The van der Waals surface area contributed by atoms with Crippen molar-refractivity contribution in [2.45, 2.75) is 34.6 Å². The van der Waals surface area contributed by atoms with E-state index in [0.717, 1.165) is 22.0 Å². The van der Waals surface area contributed by atoms with E-state index in [2.05, 4.69) is 24.3 Å². The Labute approximate surface area is 128 Å². The molecule has 0 saturated carbocycles. The van der Waals surface area contributed by atoms with Gasteiger partial charge in [0.25, 0.3) is 5.91 Å². The first-order valence-electron chi connectivity index (χ1n) is 6.80. The molecule has 1 N–H and O–H groups in total. The largest absolute Gasteiger partial charge is 0.480 e. The number of aryl methyl sites for hydroxylation is 3. The topological polar surface area (TPSA) is 56.2 Å². The molecule has 0 radical (unpaired) electrons. The average Bonchev–Trinajstić information content (AvgIpc) is 2.80. The Morgan fingerprint density at radius 2 is 1.90 bits per heavy atom. The summed E-state index contributed by atoms with van der Waals surface area (Å²) < 4.78 is 7.36. The van der Waals surface area contributed by atoms with Crippen LogP contribution < -0.4 is 10.1 Å². The molecule has 114 valence electrons. The minimum Gasteiger partial charge on any atom is -0.480 e. The second-order valence-corrected chi connectivity index (χ2v) is 6.42. The summed E-state index contributed by atoms with van der Waals surface area (Å²) in [7, 11) is 1.86. The number of ether oxygens (including phenoxy) is 1. The van der Waals surface area contributed by atoms with Crippen LogP contribution in [0.4, 0.5) is 5.00 Å². The van der Waals surface area contributed by atoms with Crippen LogP contribution in [0.25, 0.3) is 0 Å². The van der Waals surface area contributed by atoms with Crippen molar-refractivity contribution in [3.8, 4) is 5.75 Å². The molecule has 2 rings (SSSR count). The predicted molar refractivity (Wildman–Crippen MR) is 85.3 cm³/mol. The summed E-state index contributed by atoms with van der Waals surface area (Å²) >= 11 is 1.60. The smallest absolute Gasteiger partial charge is 0.262 e. The quantitative estimate of drug-likeness (QED) is 0.944. The van der Waals surface area contributed by atoms with Gasteiger partial charge in [-0.2, -0.15) is 5.10 Å². The maximum atomic E-state index is 12.0. The summed E-state index contributed by atoms with van der Waals surface area (Å²) in [6, 6.07) is 0. The standard InChI is InChI=1S/C15H21N3O2S/c1-8-9(2)15(21-12(8)5)16-13(19)7-20-14-10(3)17-18(6)11(14)4/h7H2,1-6H3,(H,16,19). The highest BCUT2D eigenvalue weighted by molar-refractivity contribution is 7.16. The molecule has 6 heteroatoms. The van der Waals surface area contributed by atoms with Crippen molar-refractivity contribution in [1.82, 2.24) is 9.78 Å². The number of carbonyl (C=O) groups is 1. The third-order valence-electron chi connectivity index (χ3n) is 3.73. The fraction of sp³-hybridized carbons (Fsp3) is 0.467. The van der Waals surface area contributed by atoms with Crippen LogP contribution in [0.1, 0.15) is 27.4 Å². The molecule has 0 saturated heterocycles. The Hall–Kier alpha value is -1.82. The first kappa shape index (κ1) is 15.6. The average molecular weight is 307 g/mol. The third-order valence-corrected chi connectivity index (χ3v) is 4.95. The number of nitrogens with one attached hydrogen (secondary N) is 1. The molecule has 0 spiro atoms. The van der Waals surface area contributed by atoms with Crippen LogP contribution in [0.15, 0.2) is 0 Å². The van der Waals surface area contributed by atoms with Crippen molar-refractivity contribution in [2.75, 3.05) is 11.9 Å². The molecule has 0 aliphatic carbocycles. The normalized spacial score (nSPS) is 10.8. The van der Waals surface area contributed by atoms with Crippen LogP contribution in [0.2, 0.25) is 0 Å². The molecule has 0 unspecified atom stereocenters. The van der Waals surface area contributed by atoms with Gasteiger partial charge in [0.2, 0.25) is 0 Å². The molecule has 2 aromatic rings. The fourth-order valence-corrected chi connectivity index (χ4v) is 3.21.